The van der Waals surface area contributed by atoms with Crippen LogP contribution in [0.3, 0.4) is 0 Å². The summed E-state index contributed by atoms with van der Waals surface area (Å²) in [5.74, 6) is -0.105. The Balaban J connectivity index is 0.00000200. The smallest absolute Gasteiger partial charge is 0.251 e. The van der Waals surface area contributed by atoms with E-state index in [0.717, 1.165) is 19.4 Å². The minimum Gasteiger partial charge on any atom is -0.383 e. The number of methoxy groups -OCH3 is 1. The molecule has 1 aromatic carbocycles. The molecule has 112 valence electrons. The second-order valence-electron chi connectivity index (χ2n) is 4.94. The monoisotopic (exact) mass is 318 g/mol. The molecule has 20 heavy (non-hydrogen) atoms. The number of halogens is 2. The average Bonchev–Trinajstić information content (AvgIpc) is 2.85. The molecule has 0 spiro atoms. The van der Waals surface area contributed by atoms with Gasteiger partial charge in [0, 0.05) is 24.2 Å². The van der Waals surface area contributed by atoms with Gasteiger partial charge in [-0.1, -0.05) is 17.7 Å². The van der Waals surface area contributed by atoms with Crippen molar-refractivity contribution in [3.8, 4) is 0 Å². The van der Waals surface area contributed by atoms with E-state index in [1.807, 2.05) is 0 Å². The highest BCUT2D eigenvalue weighted by atomic mass is 35.5. The van der Waals surface area contributed by atoms with Gasteiger partial charge in [-0.2, -0.15) is 0 Å². The third-order valence-electron chi connectivity index (χ3n) is 3.43. The molecule has 1 saturated heterocycles. The first-order valence-corrected chi connectivity index (χ1v) is 6.81. The summed E-state index contributed by atoms with van der Waals surface area (Å²) in [6.07, 6.45) is 2.12. The summed E-state index contributed by atoms with van der Waals surface area (Å²) in [5, 5.41) is 6.94. The van der Waals surface area contributed by atoms with E-state index >= 15 is 0 Å². The summed E-state index contributed by atoms with van der Waals surface area (Å²) in [6.45, 7) is 2.13. The number of carbonyl (C=O) groups is 1. The van der Waals surface area contributed by atoms with Gasteiger partial charge in [0.1, 0.15) is 0 Å². The molecule has 1 aliphatic rings. The normalized spacial score (nSPS) is 21.3. The molecule has 2 rings (SSSR count). The molecule has 2 N–H and O–H groups in total. The molecule has 1 unspecified atom stereocenters. The van der Waals surface area contributed by atoms with E-state index in [0.29, 0.717) is 23.7 Å². The van der Waals surface area contributed by atoms with Gasteiger partial charge in [-0.05, 0) is 37.6 Å². The summed E-state index contributed by atoms with van der Waals surface area (Å²) in [6, 6.07) is 6.95. The highest BCUT2D eigenvalue weighted by molar-refractivity contribution is 6.30. The zero-order valence-corrected chi connectivity index (χ0v) is 13.0. The molecule has 0 bridgehead atoms. The lowest BCUT2D eigenvalue weighted by atomic mass is 9.98. The Morgan fingerprint density at radius 2 is 2.35 bits per heavy atom. The van der Waals surface area contributed by atoms with E-state index in [9.17, 15) is 4.79 Å². The summed E-state index contributed by atoms with van der Waals surface area (Å²) in [5.41, 5.74) is 0.446. The lowest BCUT2D eigenvalue weighted by molar-refractivity contribution is 0.0892. The van der Waals surface area contributed by atoms with Gasteiger partial charge in [-0.3, -0.25) is 4.79 Å². The van der Waals surface area contributed by atoms with Crippen molar-refractivity contribution in [2.24, 2.45) is 0 Å². The van der Waals surface area contributed by atoms with Crippen LogP contribution in [0.2, 0.25) is 5.02 Å². The topological polar surface area (TPSA) is 50.4 Å². The lowest BCUT2D eigenvalue weighted by Gasteiger charge is -2.28. The van der Waals surface area contributed by atoms with Crippen LogP contribution < -0.4 is 10.6 Å². The molecule has 1 fully saturated rings. The minimum atomic E-state index is -0.136. The fraction of sp³-hybridized carbons (Fsp3) is 0.500. The highest BCUT2D eigenvalue weighted by Crippen LogP contribution is 2.19. The van der Waals surface area contributed by atoms with Gasteiger partial charge in [0.05, 0.1) is 12.1 Å². The maximum absolute atomic E-state index is 12.1. The molecule has 1 atom stereocenters. The van der Waals surface area contributed by atoms with Crippen LogP contribution in [0.1, 0.15) is 23.2 Å². The van der Waals surface area contributed by atoms with Gasteiger partial charge < -0.3 is 15.4 Å². The molecule has 1 amide bonds. The van der Waals surface area contributed by atoms with Crippen LogP contribution in [0.15, 0.2) is 24.3 Å². The van der Waals surface area contributed by atoms with Crippen LogP contribution in [0.25, 0.3) is 0 Å². The first-order chi connectivity index (χ1) is 9.15. The van der Waals surface area contributed by atoms with Crippen molar-refractivity contribution >= 4 is 29.9 Å². The molecule has 1 aliphatic heterocycles. The Bertz CT molecular complexity index is 449. The first kappa shape index (κ1) is 17.2. The number of hydrogen-bond donors (Lipinski definition) is 2. The lowest BCUT2D eigenvalue weighted by Crippen LogP contribution is -2.52. The van der Waals surface area contributed by atoms with Crippen LogP contribution >= 0.6 is 24.0 Å². The predicted molar refractivity (Wildman–Crippen MR) is 82.9 cm³/mol. The van der Waals surface area contributed by atoms with Crippen LogP contribution in [-0.2, 0) is 4.74 Å². The maximum Gasteiger partial charge on any atom is 0.251 e. The summed E-state index contributed by atoms with van der Waals surface area (Å²) < 4.78 is 5.25. The summed E-state index contributed by atoms with van der Waals surface area (Å²) >= 11 is 5.88. The average molecular weight is 319 g/mol. The number of benzene rings is 1. The van der Waals surface area contributed by atoms with Crippen LogP contribution in [0.5, 0.6) is 0 Å². The van der Waals surface area contributed by atoms with Gasteiger partial charge in [-0.15, -0.1) is 12.4 Å². The minimum absolute atomic E-state index is 0. The zero-order chi connectivity index (χ0) is 13.7. The Morgan fingerprint density at radius 3 is 2.95 bits per heavy atom. The number of hydrogen-bond acceptors (Lipinski definition) is 3. The highest BCUT2D eigenvalue weighted by Gasteiger charge is 2.33. The molecule has 1 aromatic rings. The number of rotatable bonds is 5. The SMILES string of the molecule is COCC1(CNC(=O)c2cccc(Cl)c2)CCCN1.Cl. The summed E-state index contributed by atoms with van der Waals surface area (Å²) in [7, 11) is 1.68. The maximum atomic E-state index is 12.1. The predicted octanol–water partition coefficient (Wildman–Crippen LogP) is 2.26. The molecule has 0 aliphatic carbocycles. The molecule has 0 radical (unpaired) electrons. The third kappa shape index (κ3) is 4.35. The van der Waals surface area contributed by atoms with Gasteiger partial charge in [0.25, 0.3) is 5.91 Å². The number of amides is 1. The first-order valence-electron chi connectivity index (χ1n) is 6.43. The zero-order valence-electron chi connectivity index (χ0n) is 11.4. The van der Waals surface area contributed by atoms with E-state index in [1.54, 1.807) is 31.4 Å². The Kier molecular flexibility index (Phi) is 6.76. The Morgan fingerprint density at radius 1 is 1.55 bits per heavy atom. The number of nitrogens with one attached hydrogen (secondary N) is 2. The van der Waals surface area contributed by atoms with E-state index in [1.165, 1.54) is 0 Å². The van der Waals surface area contributed by atoms with E-state index in [-0.39, 0.29) is 23.9 Å². The van der Waals surface area contributed by atoms with Gasteiger partial charge in [0.15, 0.2) is 0 Å². The van der Waals surface area contributed by atoms with Crippen molar-refractivity contribution in [2.75, 3.05) is 26.8 Å². The van der Waals surface area contributed by atoms with E-state index in [4.69, 9.17) is 16.3 Å². The second kappa shape index (κ2) is 7.84. The van der Waals surface area contributed by atoms with Gasteiger partial charge in [0.2, 0.25) is 0 Å². The van der Waals surface area contributed by atoms with Gasteiger partial charge >= 0.3 is 0 Å². The second-order valence-corrected chi connectivity index (χ2v) is 5.37. The standard InChI is InChI=1S/C14H19ClN2O2.ClH/c1-19-10-14(6-3-7-17-14)9-16-13(18)11-4-2-5-12(15)8-11;/h2,4-5,8,17H,3,6-7,9-10H2,1H3,(H,16,18);1H. The Labute approximate surface area is 130 Å². The molecule has 0 saturated carbocycles. The molecule has 6 heteroatoms. The van der Waals surface area contributed by atoms with Gasteiger partial charge in [-0.25, -0.2) is 0 Å². The largest absolute Gasteiger partial charge is 0.383 e. The van der Waals surface area contributed by atoms with Crippen LogP contribution in [-0.4, -0.2) is 38.3 Å². The fourth-order valence-corrected chi connectivity index (χ4v) is 2.64. The van der Waals surface area contributed by atoms with Crippen molar-refractivity contribution in [2.45, 2.75) is 18.4 Å². The number of carbonyl (C=O) groups excluding carboxylic acids is 1. The molecule has 0 aromatic heterocycles. The molecule has 4 nitrogen and oxygen atoms in total. The quantitative estimate of drug-likeness (QED) is 0.875. The fourth-order valence-electron chi connectivity index (χ4n) is 2.45. The molecular formula is C14H20Cl2N2O2. The molecular weight excluding hydrogens is 299 g/mol. The van der Waals surface area contributed by atoms with E-state index in [2.05, 4.69) is 10.6 Å². The third-order valence-corrected chi connectivity index (χ3v) is 3.66. The van der Waals surface area contributed by atoms with Crippen LogP contribution in [0.4, 0.5) is 0 Å². The molecule has 1 heterocycles. The van der Waals surface area contributed by atoms with Crippen molar-refractivity contribution in [3.05, 3.63) is 34.9 Å². The van der Waals surface area contributed by atoms with Crippen molar-refractivity contribution < 1.29 is 9.53 Å². The summed E-state index contributed by atoms with van der Waals surface area (Å²) in [4.78, 5) is 12.1. The Hall–Kier alpha value is -0.810. The van der Waals surface area contributed by atoms with E-state index < -0.39 is 0 Å². The van der Waals surface area contributed by atoms with Crippen LogP contribution in [0, 0.1) is 0 Å². The van der Waals surface area contributed by atoms with Crippen molar-refractivity contribution in [1.82, 2.24) is 10.6 Å². The number of ether oxygens (including phenoxy) is 1. The van der Waals surface area contributed by atoms with Crippen molar-refractivity contribution in [3.63, 3.8) is 0 Å². The van der Waals surface area contributed by atoms with Crippen molar-refractivity contribution in [1.29, 1.82) is 0 Å².